The molecule has 2 N–H and O–H groups in total. The SMILES string of the molecule is CCCOc1ccc(S(=O)(=O)N2CCN(CCO)CC2)cc1-c1nc2c(CCC)nn(Cc3nccn3C)c2c(=O)[nH]1. The molecule has 0 spiro atoms. The molecule has 1 fully saturated rings. The molecule has 0 bridgehead atoms. The number of sulfonamides is 1. The lowest BCUT2D eigenvalue weighted by Gasteiger charge is -2.33. The number of aliphatic hydroxyl groups excluding tert-OH is 1. The van der Waals surface area contributed by atoms with E-state index in [1.807, 2.05) is 36.6 Å². The fourth-order valence-corrected chi connectivity index (χ4v) is 6.61. The molecule has 1 saturated heterocycles. The highest BCUT2D eigenvalue weighted by Gasteiger charge is 2.30. The van der Waals surface area contributed by atoms with Crippen molar-refractivity contribution in [1.29, 1.82) is 0 Å². The van der Waals surface area contributed by atoms with Crippen molar-refractivity contribution in [3.05, 3.63) is 52.5 Å². The number of aromatic nitrogens is 6. The minimum atomic E-state index is -3.82. The number of aryl methyl sites for hydroxylation is 2. The van der Waals surface area contributed by atoms with Gasteiger partial charge >= 0.3 is 0 Å². The largest absolute Gasteiger partial charge is 0.493 e. The van der Waals surface area contributed by atoms with E-state index in [0.29, 0.717) is 80.3 Å². The Hall–Kier alpha value is -3.59. The van der Waals surface area contributed by atoms with Crippen molar-refractivity contribution < 1.29 is 18.3 Å². The summed E-state index contributed by atoms with van der Waals surface area (Å²) in [4.78, 5) is 27.8. The van der Waals surface area contributed by atoms with Gasteiger partial charge in [-0.1, -0.05) is 20.3 Å². The number of H-pyrrole nitrogens is 1. The van der Waals surface area contributed by atoms with E-state index in [1.165, 1.54) is 16.4 Å². The maximum Gasteiger partial charge on any atom is 0.277 e. The number of hydrogen-bond donors (Lipinski definition) is 2. The summed E-state index contributed by atoms with van der Waals surface area (Å²) >= 11 is 0. The van der Waals surface area contributed by atoms with Gasteiger partial charge in [-0.2, -0.15) is 9.40 Å². The van der Waals surface area contributed by atoms with E-state index in [2.05, 4.69) is 9.97 Å². The molecule has 0 radical (unpaired) electrons. The average Bonchev–Trinajstić information content (AvgIpc) is 3.55. The summed E-state index contributed by atoms with van der Waals surface area (Å²) in [5.74, 6) is 1.40. The number of nitrogens with zero attached hydrogens (tertiary/aromatic N) is 7. The minimum Gasteiger partial charge on any atom is -0.493 e. The Balaban J connectivity index is 1.58. The highest BCUT2D eigenvalue weighted by molar-refractivity contribution is 7.89. The number of imidazole rings is 1. The number of piperazine rings is 1. The standard InChI is InChI=1S/C28H38N8O5S/c1-4-6-22-25-26(36(32-22)19-24-29-9-10-33(24)3)28(38)31-27(30-25)21-18-20(7-8-23(21)41-17-5-2)42(39,40)35-13-11-34(12-14-35)15-16-37/h7-10,18,37H,4-6,11-17,19H2,1-3H3,(H,30,31,38). The smallest absolute Gasteiger partial charge is 0.277 e. The zero-order valence-corrected chi connectivity index (χ0v) is 25.1. The molecule has 1 aliphatic rings. The molecule has 1 aromatic carbocycles. The lowest BCUT2D eigenvalue weighted by atomic mass is 10.1. The first-order chi connectivity index (χ1) is 20.3. The fourth-order valence-electron chi connectivity index (χ4n) is 5.16. The number of β-amino-alcohol motifs (C(OH)–C–C–N with tert-alkyl or cyclic N) is 1. The molecule has 0 saturated carbocycles. The average molecular weight is 599 g/mol. The number of benzene rings is 1. The number of hydrogen-bond acceptors (Lipinski definition) is 9. The molecule has 13 nitrogen and oxygen atoms in total. The molecule has 3 aromatic heterocycles. The molecule has 4 aromatic rings. The maximum absolute atomic E-state index is 13.7. The molecule has 42 heavy (non-hydrogen) atoms. The summed E-state index contributed by atoms with van der Waals surface area (Å²) in [6, 6.07) is 4.69. The van der Waals surface area contributed by atoms with Crippen LogP contribution < -0.4 is 10.3 Å². The molecule has 0 amide bonds. The Bertz CT molecular complexity index is 1700. The van der Waals surface area contributed by atoms with Gasteiger partial charge in [-0.25, -0.2) is 23.1 Å². The van der Waals surface area contributed by atoms with Crippen LogP contribution in [0, 0.1) is 0 Å². The van der Waals surface area contributed by atoms with Crippen molar-refractivity contribution in [3.63, 3.8) is 0 Å². The molecule has 1 aliphatic heterocycles. The summed E-state index contributed by atoms with van der Waals surface area (Å²) in [7, 11) is -1.94. The first-order valence-electron chi connectivity index (χ1n) is 14.3. The van der Waals surface area contributed by atoms with Crippen LogP contribution in [0.1, 0.15) is 38.2 Å². The van der Waals surface area contributed by atoms with Crippen LogP contribution in [0.3, 0.4) is 0 Å². The van der Waals surface area contributed by atoms with Gasteiger partial charge in [0.2, 0.25) is 10.0 Å². The molecule has 0 unspecified atom stereocenters. The molecule has 5 rings (SSSR count). The Kier molecular flexibility index (Phi) is 9.06. The quantitative estimate of drug-likeness (QED) is 0.248. The zero-order chi connectivity index (χ0) is 29.9. The summed E-state index contributed by atoms with van der Waals surface area (Å²) in [6.45, 7) is 7.01. The van der Waals surface area contributed by atoms with Gasteiger partial charge in [-0.15, -0.1) is 0 Å². The van der Waals surface area contributed by atoms with Crippen LogP contribution in [0.5, 0.6) is 5.75 Å². The molecule has 4 heterocycles. The number of nitrogens with one attached hydrogen (secondary N) is 1. The van der Waals surface area contributed by atoms with E-state index >= 15 is 0 Å². The maximum atomic E-state index is 13.7. The fraction of sp³-hybridized carbons (Fsp3) is 0.500. The van der Waals surface area contributed by atoms with Gasteiger partial charge in [0.1, 0.15) is 29.5 Å². The van der Waals surface area contributed by atoms with Crippen molar-refractivity contribution in [1.82, 2.24) is 38.5 Å². The summed E-state index contributed by atoms with van der Waals surface area (Å²) in [5, 5.41) is 14.0. The normalized spacial score (nSPS) is 15.0. The Morgan fingerprint density at radius 1 is 1.12 bits per heavy atom. The second-order valence-electron chi connectivity index (χ2n) is 10.4. The van der Waals surface area contributed by atoms with Gasteiger partial charge < -0.3 is 19.4 Å². The van der Waals surface area contributed by atoms with Gasteiger partial charge in [0.15, 0.2) is 5.52 Å². The topological polar surface area (TPSA) is 151 Å². The summed E-state index contributed by atoms with van der Waals surface area (Å²) in [6.07, 6.45) is 5.71. The second-order valence-corrected chi connectivity index (χ2v) is 12.3. The van der Waals surface area contributed by atoms with Crippen molar-refractivity contribution in [3.8, 4) is 17.1 Å². The molecular formula is C28H38N8O5S. The van der Waals surface area contributed by atoms with Gasteiger partial charge in [0.25, 0.3) is 5.56 Å². The first kappa shape index (κ1) is 29.9. The van der Waals surface area contributed by atoms with Crippen molar-refractivity contribution in [2.45, 2.75) is 44.6 Å². The van der Waals surface area contributed by atoms with Crippen molar-refractivity contribution in [2.75, 3.05) is 45.9 Å². The molecule has 226 valence electrons. The Morgan fingerprint density at radius 3 is 2.57 bits per heavy atom. The third-order valence-electron chi connectivity index (χ3n) is 7.42. The van der Waals surface area contributed by atoms with Crippen LogP contribution >= 0.6 is 0 Å². The number of fused-ring (bicyclic) bond motifs is 1. The van der Waals surface area contributed by atoms with Crippen LogP contribution in [0.15, 0.2) is 40.3 Å². The van der Waals surface area contributed by atoms with E-state index in [9.17, 15) is 18.3 Å². The molecule has 0 atom stereocenters. The lowest BCUT2D eigenvalue weighted by Crippen LogP contribution is -2.49. The minimum absolute atomic E-state index is 0.0345. The predicted molar refractivity (Wildman–Crippen MR) is 158 cm³/mol. The van der Waals surface area contributed by atoms with E-state index < -0.39 is 10.0 Å². The summed E-state index contributed by atoms with van der Waals surface area (Å²) < 4.78 is 38.3. The zero-order valence-electron chi connectivity index (χ0n) is 24.3. The second kappa shape index (κ2) is 12.7. The van der Waals surface area contributed by atoms with E-state index in [0.717, 1.165) is 18.7 Å². The van der Waals surface area contributed by atoms with E-state index in [1.54, 1.807) is 16.9 Å². The van der Waals surface area contributed by atoms with Crippen LogP contribution in [0.25, 0.3) is 22.4 Å². The Labute approximate surface area is 244 Å². The third-order valence-corrected chi connectivity index (χ3v) is 9.31. The van der Waals surface area contributed by atoms with Crippen LogP contribution in [-0.2, 0) is 30.0 Å². The number of ether oxygens (including phenoxy) is 1. The number of aliphatic hydroxyl groups is 1. The van der Waals surface area contributed by atoms with Gasteiger partial charge in [0, 0.05) is 52.2 Å². The highest BCUT2D eigenvalue weighted by Crippen LogP contribution is 2.32. The number of aromatic amines is 1. The highest BCUT2D eigenvalue weighted by atomic mass is 32.2. The van der Waals surface area contributed by atoms with Crippen LogP contribution in [0.4, 0.5) is 0 Å². The van der Waals surface area contributed by atoms with Gasteiger partial charge in [-0.05, 0) is 31.0 Å². The lowest BCUT2D eigenvalue weighted by molar-refractivity contribution is 0.151. The summed E-state index contributed by atoms with van der Waals surface area (Å²) in [5.41, 5.74) is 1.51. The monoisotopic (exact) mass is 598 g/mol. The third kappa shape index (κ3) is 5.98. The van der Waals surface area contributed by atoms with Crippen LogP contribution in [0.2, 0.25) is 0 Å². The predicted octanol–water partition coefficient (Wildman–Crippen LogP) is 1.61. The number of rotatable bonds is 12. The van der Waals surface area contributed by atoms with E-state index in [-0.39, 0.29) is 22.9 Å². The first-order valence-corrected chi connectivity index (χ1v) is 15.8. The van der Waals surface area contributed by atoms with Gasteiger partial charge in [0.05, 0.1) is 29.4 Å². The Morgan fingerprint density at radius 2 is 1.90 bits per heavy atom. The molecule has 0 aliphatic carbocycles. The van der Waals surface area contributed by atoms with Gasteiger partial charge in [-0.3, -0.25) is 9.69 Å². The van der Waals surface area contributed by atoms with Crippen molar-refractivity contribution in [2.24, 2.45) is 7.05 Å². The van der Waals surface area contributed by atoms with Crippen molar-refractivity contribution >= 4 is 21.1 Å². The molecule has 14 heteroatoms. The molecular weight excluding hydrogens is 560 g/mol. The van der Waals surface area contributed by atoms with E-state index in [4.69, 9.17) is 14.8 Å². The van der Waals surface area contributed by atoms with Crippen LogP contribution in [-0.4, -0.2) is 98.0 Å².